The van der Waals surface area contributed by atoms with E-state index in [1.807, 2.05) is 36.9 Å². The van der Waals surface area contributed by atoms with Gasteiger partial charge in [-0.05, 0) is 56.7 Å². The van der Waals surface area contributed by atoms with E-state index >= 15 is 0 Å². The molecule has 1 fully saturated rings. The van der Waals surface area contributed by atoms with Crippen LogP contribution in [-0.4, -0.2) is 41.4 Å². The van der Waals surface area contributed by atoms with Gasteiger partial charge in [0, 0.05) is 44.4 Å². The van der Waals surface area contributed by atoms with E-state index in [0.29, 0.717) is 23.8 Å². The number of benzene rings is 1. The fourth-order valence-corrected chi connectivity index (χ4v) is 5.15. The van der Waals surface area contributed by atoms with Crippen molar-refractivity contribution < 1.29 is 13.6 Å². The van der Waals surface area contributed by atoms with Gasteiger partial charge in [0.05, 0.1) is 17.3 Å². The van der Waals surface area contributed by atoms with Crippen molar-refractivity contribution in [1.82, 2.24) is 14.9 Å². The number of hydrogen-bond acceptors (Lipinski definition) is 5. The molecule has 3 aromatic rings. The van der Waals surface area contributed by atoms with E-state index in [-0.39, 0.29) is 17.8 Å². The van der Waals surface area contributed by atoms with E-state index < -0.39 is 0 Å². The Labute approximate surface area is 193 Å². The molecule has 0 radical (unpaired) electrons. The summed E-state index contributed by atoms with van der Waals surface area (Å²) in [7, 11) is 3.78. The zero-order valence-corrected chi connectivity index (χ0v) is 19.4. The number of aryl methyl sites for hydroxylation is 2. The lowest BCUT2D eigenvalue weighted by Crippen LogP contribution is -2.32. The van der Waals surface area contributed by atoms with Crippen LogP contribution in [0.15, 0.2) is 34.9 Å². The van der Waals surface area contributed by atoms with E-state index in [1.54, 1.807) is 12.3 Å². The number of rotatable bonds is 4. The molecule has 33 heavy (non-hydrogen) atoms. The van der Waals surface area contributed by atoms with Crippen molar-refractivity contribution in [2.75, 3.05) is 25.5 Å². The first kappa shape index (κ1) is 21.6. The summed E-state index contributed by atoms with van der Waals surface area (Å²) in [5, 5.41) is 0. The predicted molar refractivity (Wildman–Crippen MR) is 125 cm³/mol. The Morgan fingerprint density at radius 1 is 1.21 bits per heavy atom. The normalized spacial score (nSPS) is 17.8. The fraction of sp³-hybridized carbons (Fsp3) is 0.423. The molecule has 1 aromatic carbocycles. The highest BCUT2D eigenvalue weighted by Crippen LogP contribution is 2.40. The molecule has 5 rings (SSSR count). The molecule has 0 N–H and O–H groups in total. The highest BCUT2D eigenvalue weighted by Gasteiger charge is 2.37. The minimum absolute atomic E-state index is 0.0112. The third-order valence-electron chi connectivity index (χ3n) is 6.73. The number of fused-ring (bicyclic) bond motifs is 1. The highest BCUT2D eigenvalue weighted by atomic mass is 19.1. The second-order valence-electron chi connectivity index (χ2n) is 9.17. The molecule has 0 unspecified atom stereocenters. The largest absolute Gasteiger partial charge is 0.465 e. The minimum Gasteiger partial charge on any atom is -0.465 e. The number of likely N-dealkylation sites (tertiary alicyclic amines) is 1. The van der Waals surface area contributed by atoms with Crippen molar-refractivity contribution in [3.05, 3.63) is 64.6 Å². The third kappa shape index (κ3) is 3.90. The molecule has 1 atom stereocenters. The Bertz CT molecular complexity index is 1200. The van der Waals surface area contributed by atoms with Crippen LogP contribution in [0.2, 0.25) is 0 Å². The number of carbonyl (C=O) groups is 1. The topological polar surface area (TPSA) is 62.5 Å². The van der Waals surface area contributed by atoms with E-state index in [1.165, 1.54) is 12.1 Å². The van der Waals surface area contributed by atoms with Crippen molar-refractivity contribution in [3.8, 4) is 11.1 Å². The van der Waals surface area contributed by atoms with Gasteiger partial charge in [-0.25, -0.2) is 14.4 Å². The highest BCUT2D eigenvalue weighted by molar-refractivity contribution is 5.97. The average molecular weight is 449 g/mol. The number of hydrogen-bond donors (Lipinski definition) is 0. The summed E-state index contributed by atoms with van der Waals surface area (Å²) in [6.07, 6.45) is 7.41. The van der Waals surface area contributed by atoms with Crippen molar-refractivity contribution in [2.45, 2.75) is 51.5 Å². The molecule has 0 bridgehead atoms. The molecule has 1 saturated heterocycles. The smallest absolute Gasteiger partial charge is 0.258 e. The molecule has 1 aliphatic carbocycles. The monoisotopic (exact) mass is 448 g/mol. The zero-order valence-electron chi connectivity index (χ0n) is 19.4. The molecule has 6 nitrogen and oxygen atoms in total. The molecule has 3 heterocycles. The number of carbonyl (C=O) groups excluding carboxylic acids is 1. The lowest BCUT2D eigenvalue weighted by atomic mass is 9.93. The SMILES string of the molecule is Cc1oc2c(c1C(=O)N1CCC[C@H]1c1nc(N(C)C)ncc1-c1cccc(F)c1)CCCC2. The van der Waals surface area contributed by atoms with E-state index in [9.17, 15) is 9.18 Å². The Morgan fingerprint density at radius 2 is 2.03 bits per heavy atom. The Hall–Kier alpha value is -3.22. The van der Waals surface area contributed by atoms with E-state index in [2.05, 4.69) is 4.98 Å². The molecule has 0 spiro atoms. The maximum Gasteiger partial charge on any atom is 0.258 e. The molecule has 0 saturated carbocycles. The number of halogens is 1. The first-order valence-electron chi connectivity index (χ1n) is 11.7. The van der Waals surface area contributed by atoms with Gasteiger partial charge in [0.2, 0.25) is 5.95 Å². The average Bonchev–Trinajstić information content (AvgIpc) is 3.42. The summed E-state index contributed by atoms with van der Waals surface area (Å²) < 4.78 is 20.0. The second kappa shape index (κ2) is 8.61. The number of aromatic nitrogens is 2. The molecule has 2 aromatic heterocycles. The van der Waals surface area contributed by atoms with Crippen LogP contribution in [0.1, 0.15) is 64.9 Å². The van der Waals surface area contributed by atoms with Crippen LogP contribution in [0.3, 0.4) is 0 Å². The van der Waals surface area contributed by atoms with Gasteiger partial charge < -0.3 is 14.2 Å². The van der Waals surface area contributed by atoms with Crippen LogP contribution in [0.25, 0.3) is 11.1 Å². The molecular formula is C26H29FN4O2. The van der Waals surface area contributed by atoms with Crippen molar-refractivity contribution in [3.63, 3.8) is 0 Å². The lowest BCUT2D eigenvalue weighted by molar-refractivity contribution is 0.0730. The van der Waals surface area contributed by atoms with E-state index in [4.69, 9.17) is 9.40 Å². The quantitative estimate of drug-likeness (QED) is 0.555. The fourth-order valence-electron chi connectivity index (χ4n) is 5.15. The van der Waals surface area contributed by atoms with Gasteiger partial charge in [0.15, 0.2) is 0 Å². The first-order chi connectivity index (χ1) is 15.9. The van der Waals surface area contributed by atoms with Crippen LogP contribution in [-0.2, 0) is 12.8 Å². The van der Waals surface area contributed by atoms with Gasteiger partial charge in [-0.2, -0.15) is 0 Å². The maximum absolute atomic E-state index is 14.0. The zero-order chi connectivity index (χ0) is 23.1. The molecule has 1 amide bonds. The Kier molecular flexibility index (Phi) is 5.64. The number of nitrogens with zero attached hydrogens (tertiary/aromatic N) is 4. The standard InChI is InChI=1S/C26H29FN4O2/c1-16-23(19-10-4-5-12-22(19)33-16)25(32)31-13-7-11-21(31)24-20(15-28-26(29-24)30(2)3)17-8-6-9-18(27)14-17/h6,8-9,14-15,21H,4-5,7,10-13H2,1-3H3/t21-/m0/s1. The Morgan fingerprint density at radius 3 is 2.82 bits per heavy atom. The van der Waals surface area contributed by atoms with Crippen LogP contribution in [0.4, 0.5) is 10.3 Å². The van der Waals surface area contributed by atoms with Gasteiger partial charge >= 0.3 is 0 Å². The summed E-state index contributed by atoms with van der Waals surface area (Å²) in [5.74, 6) is 1.95. The van der Waals surface area contributed by atoms with Gasteiger partial charge in [-0.1, -0.05) is 12.1 Å². The minimum atomic E-state index is -0.310. The van der Waals surface area contributed by atoms with Gasteiger partial charge in [0.25, 0.3) is 5.91 Å². The van der Waals surface area contributed by atoms with Crippen LogP contribution < -0.4 is 4.90 Å². The molecule has 2 aliphatic rings. The molecular weight excluding hydrogens is 419 g/mol. The number of anilines is 1. The van der Waals surface area contributed by atoms with Crippen molar-refractivity contribution in [1.29, 1.82) is 0 Å². The summed E-state index contributed by atoms with van der Waals surface area (Å²) >= 11 is 0. The first-order valence-corrected chi connectivity index (χ1v) is 11.7. The molecule has 7 heteroatoms. The summed E-state index contributed by atoms with van der Waals surface area (Å²) in [6.45, 7) is 2.55. The van der Waals surface area contributed by atoms with Gasteiger partial charge in [0.1, 0.15) is 17.3 Å². The molecule has 1 aliphatic heterocycles. The van der Waals surface area contributed by atoms with Gasteiger partial charge in [-0.3, -0.25) is 4.79 Å². The molecule has 172 valence electrons. The van der Waals surface area contributed by atoms with Crippen molar-refractivity contribution >= 4 is 11.9 Å². The van der Waals surface area contributed by atoms with Crippen LogP contribution in [0, 0.1) is 12.7 Å². The van der Waals surface area contributed by atoms with Crippen molar-refractivity contribution in [2.24, 2.45) is 0 Å². The van der Waals surface area contributed by atoms with Gasteiger partial charge in [-0.15, -0.1) is 0 Å². The summed E-state index contributed by atoms with van der Waals surface area (Å²) in [5.41, 5.74) is 4.05. The third-order valence-corrected chi connectivity index (χ3v) is 6.73. The number of amides is 1. The van der Waals surface area contributed by atoms with E-state index in [0.717, 1.165) is 66.7 Å². The summed E-state index contributed by atoms with van der Waals surface area (Å²) in [6, 6.07) is 6.26. The summed E-state index contributed by atoms with van der Waals surface area (Å²) in [4.78, 5) is 27.0. The maximum atomic E-state index is 14.0. The lowest BCUT2D eigenvalue weighted by Gasteiger charge is -2.27. The number of furan rings is 1. The van der Waals surface area contributed by atoms with Crippen LogP contribution in [0.5, 0.6) is 0 Å². The van der Waals surface area contributed by atoms with Crippen LogP contribution >= 0.6 is 0 Å². The predicted octanol–water partition coefficient (Wildman–Crippen LogP) is 5.11. The second-order valence-corrected chi connectivity index (χ2v) is 9.17. The Balaban J connectivity index is 1.58.